The second kappa shape index (κ2) is 5.57. The number of benzene rings is 2. The molecule has 0 fully saturated rings. The van der Waals surface area contributed by atoms with E-state index in [0.717, 1.165) is 16.5 Å². The number of H-pyrrole nitrogens is 1. The van der Waals surface area contributed by atoms with Gasteiger partial charge in [-0.3, -0.25) is 19.3 Å². The number of nitrogens with zero attached hydrogens (tertiary/aromatic N) is 2. The molecule has 0 spiro atoms. The Labute approximate surface area is 131 Å². The fraction of sp³-hybridized carbons (Fsp3) is 0.0625. The number of aliphatic imine (C=N–C) groups is 1. The number of hydrogen-bond donors (Lipinski definition) is 2. The molecule has 3 rings (SSSR count). The van der Waals surface area contributed by atoms with Gasteiger partial charge in [0.25, 0.3) is 5.56 Å². The predicted molar refractivity (Wildman–Crippen MR) is 89.7 cm³/mol. The predicted octanol–water partition coefficient (Wildman–Crippen LogP) is 3.05. The molecule has 110 valence electrons. The Morgan fingerprint density at radius 1 is 1.23 bits per heavy atom. The van der Waals surface area contributed by atoms with Crippen LogP contribution in [0.1, 0.15) is 5.56 Å². The first-order valence-electron chi connectivity index (χ1n) is 6.62. The van der Waals surface area contributed by atoms with Crippen molar-refractivity contribution in [3.05, 3.63) is 63.2 Å². The summed E-state index contributed by atoms with van der Waals surface area (Å²) in [5.41, 5.74) is 0.329. The molecule has 0 bridgehead atoms. The lowest BCUT2D eigenvalue weighted by Crippen LogP contribution is -2.17. The maximum Gasteiger partial charge on any atom is 0.264 e. The second-order valence-corrected chi connectivity index (χ2v) is 5.20. The van der Waals surface area contributed by atoms with E-state index in [-0.39, 0.29) is 16.2 Å². The summed E-state index contributed by atoms with van der Waals surface area (Å²) in [6.07, 6.45) is 1.35. The van der Waals surface area contributed by atoms with E-state index < -0.39 is 5.56 Å². The van der Waals surface area contributed by atoms with Crippen molar-refractivity contribution in [1.29, 1.82) is 0 Å². The number of aromatic hydroxyl groups is 1. The molecule has 0 atom stereocenters. The maximum absolute atomic E-state index is 11.9. The van der Waals surface area contributed by atoms with Crippen molar-refractivity contribution in [2.24, 2.45) is 12.0 Å². The van der Waals surface area contributed by atoms with Crippen LogP contribution in [0.2, 0.25) is 0 Å². The van der Waals surface area contributed by atoms with Crippen molar-refractivity contribution < 1.29 is 5.11 Å². The molecule has 0 aliphatic rings. The van der Waals surface area contributed by atoms with Gasteiger partial charge in [-0.05, 0) is 23.7 Å². The van der Waals surface area contributed by atoms with Gasteiger partial charge >= 0.3 is 0 Å². The summed E-state index contributed by atoms with van der Waals surface area (Å²) in [5.74, 6) is -0.210. The zero-order valence-electron chi connectivity index (χ0n) is 11.8. The number of rotatable bonds is 2. The Morgan fingerprint density at radius 3 is 2.77 bits per heavy atom. The fourth-order valence-corrected chi connectivity index (χ4v) is 2.38. The highest BCUT2D eigenvalue weighted by Gasteiger charge is 2.08. The molecular formula is C16H13N3O2S. The molecule has 0 saturated carbocycles. The van der Waals surface area contributed by atoms with E-state index in [1.165, 1.54) is 10.8 Å². The van der Waals surface area contributed by atoms with Gasteiger partial charge in [0.1, 0.15) is 5.56 Å². The van der Waals surface area contributed by atoms with Gasteiger partial charge in [-0.25, -0.2) is 0 Å². The van der Waals surface area contributed by atoms with Crippen molar-refractivity contribution in [2.45, 2.75) is 0 Å². The van der Waals surface area contributed by atoms with E-state index in [0.29, 0.717) is 0 Å². The van der Waals surface area contributed by atoms with Gasteiger partial charge in [-0.2, -0.15) is 0 Å². The van der Waals surface area contributed by atoms with E-state index in [2.05, 4.69) is 9.98 Å². The van der Waals surface area contributed by atoms with Gasteiger partial charge < -0.3 is 5.11 Å². The lowest BCUT2D eigenvalue weighted by molar-refractivity contribution is 0.420. The summed E-state index contributed by atoms with van der Waals surface area (Å²) >= 11 is 4.93. The first kappa shape index (κ1) is 14.2. The third-order valence-corrected chi connectivity index (χ3v) is 3.80. The molecule has 0 aliphatic heterocycles. The van der Waals surface area contributed by atoms with Crippen molar-refractivity contribution in [3.63, 3.8) is 0 Å². The number of nitrogens with one attached hydrogen (secondary N) is 1. The van der Waals surface area contributed by atoms with E-state index in [4.69, 9.17) is 12.2 Å². The Balaban J connectivity index is 2.14. The molecule has 6 heteroatoms. The van der Waals surface area contributed by atoms with Gasteiger partial charge in [0.15, 0.2) is 4.77 Å². The van der Waals surface area contributed by atoms with Crippen LogP contribution in [-0.2, 0) is 7.05 Å². The number of hydrogen-bond acceptors (Lipinski definition) is 4. The van der Waals surface area contributed by atoms with Crippen LogP contribution in [0.15, 0.2) is 52.3 Å². The Hall–Kier alpha value is -2.73. The maximum atomic E-state index is 11.9. The van der Waals surface area contributed by atoms with Crippen LogP contribution in [0.5, 0.6) is 5.88 Å². The molecular weight excluding hydrogens is 298 g/mol. The monoisotopic (exact) mass is 311 g/mol. The Kier molecular flexibility index (Phi) is 3.60. The zero-order chi connectivity index (χ0) is 15.7. The molecule has 0 saturated heterocycles. The number of aromatic amines is 1. The number of fused-ring (bicyclic) bond motifs is 1. The first-order chi connectivity index (χ1) is 10.6. The quantitative estimate of drug-likeness (QED) is 0.564. The van der Waals surface area contributed by atoms with Crippen molar-refractivity contribution in [1.82, 2.24) is 9.55 Å². The minimum Gasteiger partial charge on any atom is -0.494 e. The molecule has 0 unspecified atom stereocenters. The molecule has 2 aromatic carbocycles. The third-order valence-electron chi connectivity index (χ3n) is 3.43. The van der Waals surface area contributed by atoms with E-state index >= 15 is 0 Å². The van der Waals surface area contributed by atoms with Gasteiger partial charge in [-0.1, -0.05) is 36.4 Å². The molecule has 2 N–H and O–H groups in total. The van der Waals surface area contributed by atoms with Crippen LogP contribution < -0.4 is 5.56 Å². The molecule has 1 aromatic heterocycles. The van der Waals surface area contributed by atoms with Crippen LogP contribution in [0.3, 0.4) is 0 Å². The molecule has 0 aliphatic carbocycles. The van der Waals surface area contributed by atoms with Gasteiger partial charge in [-0.15, -0.1) is 0 Å². The summed E-state index contributed by atoms with van der Waals surface area (Å²) in [7, 11) is 1.57. The topological polar surface area (TPSA) is 70.4 Å². The molecule has 0 amide bonds. The zero-order valence-corrected chi connectivity index (χ0v) is 12.6. The standard InChI is InChI=1S/C16H13N3O2S/c1-19-15(21)12(14(20)18-16(19)22)9-17-13-8-4-6-10-5-2-3-7-11(10)13/h2-9,21H,1H3,(H,18,20,22). The third kappa shape index (κ3) is 2.44. The van der Waals surface area contributed by atoms with Crippen molar-refractivity contribution in [3.8, 4) is 5.88 Å². The summed E-state index contributed by atoms with van der Waals surface area (Å²) in [5, 5.41) is 12.1. The molecule has 22 heavy (non-hydrogen) atoms. The molecule has 1 heterocycles. The van der Waals surface area contributed by atoms with E-state index in [9.17, 15) is 9.90 Å². The second-order valence-electron chi connectivity index (χ2n) is 4.81. The summed E-state index contributed by atoms with van der Waals surface area (Å²) in [6, 6.07) is 13.6. The van der Waals surface area contributed by atoms with Crippen molar-refractivity contribution >= 4 is 34.9 Å². The summed E-state index contributed by atoms with van der Waals surface area (Å²) in [6.45, 7) is 0. The largest absolute Gasteiger partial charge is 0.494 e. The van der Waals surface area contributed by atoms with E-state index in [1.807, 2.05) is 42.5 Å². The minimum absolute atomic E-state index is 0.0732. The lowest BCUT2D eigenvalue weighted by Gasteiger charge is -2.05. The highest BCUT2D eigenvalue weighted by atomic mass is 32.1. The van der Waals surface area contributed by atoms with Gasteiger partial charge in [0, 0.05) is 18.6 Å². The molecule has 0 radical (unpaired) electrons. The van der Waals surface area contributed by atoms with Crippen molar-refractivity contribution in [2.75, 3.05) is 0 Å². The van der Waals surface area contributed by atoms with E-state index in [1.54, 1.807) is 7.05 Å². The molecule has 3 aromatic rings. The summed E-state index contributed by atoms with van der Waals surface area (Å²) in [4.78, 5) is 18.7. The van der Waals surface area contributed by atoms with Crippen LogP contribution in [0.4, 0.5) is 5.69 Å². The van der Waals surface area contributed by atoms with Crippen LogP contribution in [0.25, 0.3) is 10.8 Å². The summed E-state index contributed by atoms with van der Waals surface area (Å²) < 4.78 is 1.48. The SMILES string of the molecule is Cn1c(O)c(C=Nc2cccc3ccccc23)c(=O)[nH]c1=S. The van der Waals surface area contributed by atoms with Gasteiger partial charge in [0.2, 0.25) is 5.88 Å². The number of aromatic nitrogens is 2. The lowest BCUT2D eigenvalue weighted by atomic mass is 10.1. The van der Waals surface area contributed by atoms with Crippen LogP contribution >= 0.6 is 12.2 Å². The minimum atomic E-state index is -0.468. The smallest absolute Gasteiger partial charge is 0.264 e. The fourth-order valence-electron chi connectivity index (χ4n) is 2.20. The van der Waals surface area contributed by atoms with Crippen LogP contribution in [0, 0.1) is 4.77 Å². The van der Waals surface area contributed by atoms with Crippen LogP contribution in [-0.4, -0.2) is 20.9 Å². The van der Waals surface area contributed by atoms with Gasteiger partial charge in [0.05, 0.1) is 5.69 Å². The Morgan fingerprint density at radius 2 is 1.95 bits per heavy atom. The highest BCUT2D eigenvalue weighted by molar-refractivity contribution is 7.71. The average molecular weight is 311 g/mol. The average Bonchev–Trinajstić information content (AvgIpc) is 2.53. The highest BCUT2D eigenvalue weighted by Crippen LogP contribution is 2.25. The molecule has 5 nitrogen and oxygen atoms in total. The first-order valence-corrected chi connectivity index (χ1v) is 7.03. The normalized spacial score (nSPS) is 11.3. The Bertz CT molecular complexity index is 997.